The van der Waals surface area contributed by atoms with Crippen molar-refractivity contribution in [1.29, 1.82) is 0 Å². The summed E-state index contributed by atoms with van der Waals surface area (Å²) < 4.78 is 29.1. The van der Waals surface area contributed by atoms with Crippen LogP contribution in [-0.2, 0) is 10.1 Å². The molecule has 2 atom stereocenters. The van der Waals surface area contributed by atoms with E-state index in [-0.39, 0.29) is 12.2 Å². The number of hydrogen-bond acceptors (Lipinski definition) is 5. The van der Waals surface area contributed by atoms with Crippen LogP contribution in [0.25, 0.3) is 0 Å². The minimum absolute atomic E-state index is 0.0921. The van der Waals surface area contributed by atoms with E-state index in [1.54, 1.807) is 6.92 Å². The maximum Gasteiger partial charge on any atom is 0.277 e. The van der Waals surface area contributed by atoms with Gasteiger partial charge in [0, 0.05) is 5.75 Å². The van der Waals surface area contributed by atoms with Crippen LogP contribution in [0.4, 0.5) is 0 Å². The predicted octanol–water partition coefficient (Wildman–Crippen LogP) is -0.303. The Labute approximate surface area is 81.9 Å². The quantitative estimate of drug-likeness (QED) is 0.542. The molecule has 0 saturated heterocycles. The first-order valence-corrected chi connectivity index (χ1v) is 6.33. The maximum atomic E-state index is 10.7. The Morgan fingerprint density at radius 1 is 1.46 bits per heavy atom. The zero-order chi connectivity index (χ0) is 10.5. The molecule has 0 bridgehead atoms. The van der Waals surface area contributed by atoms with E-state index in [1.165, 1.54) is 0 Å². The van der Waals surface area contributed by atoms with Crippen LogP contribution in [0.15, 0.2) is 0 Å². The van der Waals surface area contributed by atoms with Crippen LogP contribution in [-0.4, -0.2) is 46.2 Å². The Hall–Kier alpha value is 0.180. The molecule has 0 aromatic carbocycles. The van der Waals surface area contributed by atoms with Gasteiger partial charge in [-0.3, -0.25) is 4.55 Å². The van der Waals surface area contributed by atoms with Crippen molar-refractivity contribution >= 4 is 21.9 Å². The van der Waals surface area contributed by atoms with Gasteiger partial charge >= 0.3 is 0 Å². The van der Waals surface area contributed by atoms with E-state index in [2.05, 4.69) is 0 Å². The van der Waals surface area contributed by atoms with Gasteiger partial charge in [0.2, 0.25) is 0 Å². The van der Waals surface area contributed by atoms with E-state index in [0.29, 0.717) is 0 Å². The molecule has 0 radical (unpaired) electrons. The van der Waals surface area contributed by atoms with Gasteiger partial charge in [0.1, 0.15) is 4.58 Å². The summed E-state index contributed by atoms with van der Waals surface area (Å²) in [6.07, 6.45) is -0.678. The first kappa shape index (κ1) is 13.2. The van der Waals surface area contributed by atoms with E-state index >= 15 is 0 Å². The molecule has 0 aromatic heterocycles. The smallest absolute Gasteiger partial charge is 0.277 e. The standard InChI is InChI=1S/C6H14O5S2/c1-2-6(13(9,10)11)12-4-5(8)3-7/h5-8H,2-4H2,1H3,(H,9,10,11). The molecule has 7 heteroatoms. The SMILES string of the molecule is CCC(SCC(O)CO)S(=O)(=O)O. The molecule has 0 aliphatic rings. The van der Waals surface area contributed by atoms with Crippen LogP contribution in [0.2, 0.25) is 0 Å². The minimum atomic E-state index is -4.05. The molecule has 0 aliphatic heterocycles. The second-order valence-corrected chi connectivity index (χ2v) is 5.66. The van der Waals surface area contributed by atoms with Crippen molar-refractivity contribution in [3.05, 3.63) is 0 Å². The molecule has 0 fully saturated rings. The van der Waals surface area contributed by atoms with Gasteiger partial charge in [-0.05, 0) is 6.42 Å². The number of thioether (sulfide) groups is 1. The Morgan fingerprint density at radius 2 is 2.00 bits per heavy atom. The topological polar surface area (TPSA) is 94.8 Å². The lowest BCUT2D eigenvalue weighted by atomic mass is 10.4. The van der Waals surface area contributed by atoms with Crippen molar-refractivity contribution < 1.29 is 23.2 Å². The summed E-state index contributed by atoms with van der Waals surface area (Å²) in [5.41, 5.74) is 0. The maximum absolute atomic E-state index is 10.7. The van der Waals surface area contributed by atoms with E-state index < -0.39 is 27.4 Å². The molecule has 0 aliphatic carbocycles. The highest BCUT2D eigenvalue weighted by Crippen LogP contribution is 2.20. The molecule has 0 amide bonds. The first-order chi connectivity index (χ1) is 5.91. The summed E-state index contributed by atoms with van der Waals surface area (Å²) in [5, 5.41) is 17.4. The Bertz CT molecular complexity index is 225. The van der Waals surface area contributed by atoms with Crippen LogP contribution >= 0.6 is 11.8 Å². The number of rotatable bonds is 6. The van der Waals surface area contributed by atoms with Crippen molar-refractivity contribution in [2.75, 3.05) is 12.4 Å². The van der Waals surface area contributed by atoms with Crippen LogP contribution in [0, 0.1) is 0 Å². The summed E-state index contributed by atoms with van der Waals surface area (Å²) in [5.74, 6) is 0.0921. The van der Waals surface area contributed by atoms with Crippen LogP contribution in [0.3, 0.4) is 0 Å². The lowest BCUT2D eigenvalue weighted by Crippen LogP contribution is -2.21. The van der Waals surface area contributed by atoms with Gasteiger partial charge in [-0.25, -0.2) is 0 Å². The third-order valence-electron chi connectivity index (χ3n) is 1.35. The zero-order valence-electron chi connectivity index (χ0n) is 7.25. The van der Waals surface area contributed by atoms with Crippen molar-refractivity contribution in [1.82, 2.24) is 0 Å². The third-order valence-corrected chi connectivity index (χ3v) is 4.77. The molecule has 0 heterocycles. The number of aliphatic hydroxyl groups excluding tert-OH is 2. The van der Waals surface area contributed by atoms with E-state index in [4.69, 9.17) is 14.8 Å². The molecule has 0 rings (SSSR count). The Kier molecular flexibility index (Phi) is 5.90. The minimum Gasteiger partial charge on any atom is -0.394 e. The lowest BCUT2D eigenvalue weighted by Gasteiger charge is -2.12. The average molecular weight is 230 g/mol. The zero-order valence-corrected chi connectivity index (χ0v) is 8.88. The van der Waals surface area contributed by atoms with Gasteiger partial charge in [0.05, 0.1) is 12.7 Å². The predicted molar refractivity (Wildman–Crippen MR) is 51.2 cm³/mol. The fraction of sp³-hybridized carbons (Fsp3) is 1.00. The summed E-state index contributed by atoms with van der Waals surface area (Å²) in [7, 11) is -4.05. The molecule has 0 spiro atoms. The number of hydrogen-bond donors (Lipinski definition) is 3. The molecule has 0 saturated carbocycles. The van der Waals surface area contributed by atoms with Crippen LogP contribution in [0.5, 0.6) is 0 Å². The van der Waals surface area contributed by atoms with Gasteiger partial charge < -0.3 is 10.2 Å². The van der Waals surface area contributed by atoms with Crippen LogP contribution < -0.4 is 0 Å². The lowest BCUT2D eigenvalue weighted by molar-refractivity contribution is 0.113. The molecular formula is C6H14O5S2. The fourth-order valence-corrected chi connectivity index (χ4v) is 2.81. The van der Waals surface area contributed by atoms with E-state index in [0.717, 1.165) is 11.8 Å². The normalized spacial score (nSPS) is 16.9. The second-order valence-electron chi connectivity index (χ2n) is 2.52. The average Bonchev–Trinajstić information content (AvgIpc) is 2.02. The van der Waals surface area contributed by atoms with Crippen molar-refractivity contribution in [2.24, 2.45) is 0 Å². The van der Waals surface area contributed by atoms with Gasteiger partial charge in [-0.1, -0.05) is 6.92 Å². The molecule has 5 nitrogen and oxygen atoms in total. The monoisotopic (exact) mass is 230 g/mol. The van der Waals surface area contributed by atoms with E-state index in [1.807, 2.05) is 0 Å². The first-order valence-electron chi connectivity index (χ1n) is 3.78. The highest BCUT2D eigenvalue weighted by atomic mass is 32.3. The van der Waals surface area contributed by atoms with Crippen LogP contribution in [0.1, 0.15) is 13.3 Å². The van der Waals surface area contributed by atoms with Crippen molar-refractivity contribution in [2.45, 2.75) is 24.0 Å². The molecular weight excluding hydrogens is 216 g/mol. The Morgan fingerprint density at radius 3 is 2.31 bits per heavy atom. The van der Waals surface area contributed by atoms with Gasteiger partial charge in [-0.15, -0.1) is 11.8 Å². The van der Waals surface area contributed by atoms with Gasteiger partial charge in [0.15, 0.2) is 0 Å². The third kappa shape index (κ3) is 5.48. The highest BCUT2D eigenvalue weighted by Gasteiger charge is 2.22. The molecule has 2 unspecified atom stereocenters. The summed E-state index contributed by atoms with van der Waals surface area (Å²) in [4.78, 5) is 0. The van der Waals surface area contributed by atoms with Crippen molar-refractivity contribution in [3.8, 4) is 0 Å². The van der Waals surface area contributed by atoms with E-state index in [9.17, 15) is 8.42 Å². The number of aliphatic hydroxyl groups is 2. The molecule has 0 aromatic rings. The molecule has 80 valence electrons. The highest BCUT2D eigenvalue weighted by molar-refractivity contribution is 8.11. The summed E-state index contributed by atoms with van der Waals surface area (Å²) >= 11 is 0.913. The molecule has 3 N–H and O–H groups in total. The summed E-state index contributed by atoms with van der Waals surface area (Å²) in [6.45, 7) is 1.21. The van der Waals surface area contributed by atoms with Gasteiger partial charge in [-0.2, -0.15) is 8.42 Å². The fourth-order valence-electron chi connectivity index (χ4n) is 0.686. The largest absolute Gasteiger partial charge is 0.394 e. The van der Waals surface area contributed by atoms with Crippen molar-refractivity contribution in [3.63, 3.8) is 0 Å². The Balaban J connectivity index is 4.01. The van der Waals surface area contributed by atoms with Gasteiger partial charge in [0.25, 0.3) is 10.1 Å². The molecule has 13 heavy (non-hydrogen) atoms. The second kappa shape index (κ2) is 5.82. The summed E-state index contributed by atoms with van der Waals surface area (Å²) in [6, 6.07) is 0.